The summed E-state index contributed by atoms with van der Waals surface area (Å²) in [5.41, 5.74) is 4.91. The number of aliphatic hydroxyl groups excluding tert-OH is 2. The Bertz CT molecular complexity index is 1390. The van der Waals surface area contributed by atoms with Crippen LogP contribution >= 0.6 is 0 Å². The third kappa shape index (κ3) is 4.60. The molecule has 4 heterocycles. The Hall–Kier alpha value is -3.82. The number of aliphatic hydroxyl groups is 2. The van der Waals surface area contributed by atoms with Gasteiger partial charge in [0.2, 0.25) is 5.95 Å². The van der Waals surface area contributed by atoms with Crippen LogP contribution in [0.1, 0.15) is 24.6 Å². The number of allylic oxidation sites excluding steroid dienone is 2. The molecule has 0 saturated heterocycles. The standard InChI is InChI=1S/C26H26FN5O3/c1-2-17-13-32(26-28-12-19-7-9-31(25(19)29-26)14-20(34)16-33)15-22(24-8-10-35-30-24)21(17)11-18-5-3-4-6-23(18)27/h3-10,12,15,20,33-34H,2,11,13-14,16H2,1H3. The van der Waals surface area contributed by atoms with E-state index in [-0.39, 0.29) is 19.0 Å². The first-order chi connectivity index (χ1) is 17.1. The number of rotatable bonds is 8. The van der Waals surface area contributed by atoms with Crippen LogP contribution in [-0.2, 0) is 13.0 Å². The Balaban J connectivity index is 1.55. The minimum absolute atomic E-state index is 0.226. The molecule has 9 heteroatoms. The van der Waals surface area contributed by atoms with Crippen molar-refractivity contribution in [3.05, 3.63) is 89.5 Å². The fourth-order valence-corrected chi connectivity index (χ4v) is 4.38. The van der Waals surface area contributed by atoms with E-state index in [0.29, 0.717) is 35.8 Å². The van der Waals surface area contributed by atoms with Crippen LogP contribution in [0.15, 0.2) is 76.9 Å². The van der Waals surface area contributed by atoms with Gasteiger partial charge < -0.3 is 24.2 Å². The minimum Gasteiger partial charge on any atom is -0.394 e. The summed E-state index contributed by atoms with van der Waals surface area (Å²) >= 11 is 0. The molecule has 0 spiro atoms. The SMILES string of the molecule is CCC1=C(Cc2ccccc2F)C(c2ccon2)=CN(c2ncc3ccn(CC(O)CO)c3n2)C1. The molecule has 0 aliphatic carbocycles. The van der Waals surface area contributed by atoms with Gasteiger partial charge in [0.25, 0.3) is 0 Å². The van der Waals surface area contributed by atoms with Crippen molar-refractivity contribution in [2.24, 2.45) is 0 Å². The highest BCUT2D eigenvalue weighted by Crippen LogP contribution is 2.35. The molecule has 2 N–H and O–H groups in total. The quantitative estimate of drug-likeness (QED) is 0.401. The Labute approximate surface area is 201 Å². The van der Waals surface area contributed by atoms with Crippen LogP contribution in [0.5, 0.6) is 0 Å². The van der Waals surface area contributed by atoms with Crippen molar-refractivity contribution in [2.75, 3.05) is 18.1 Å². The van der Waals surface area contributed by atoms with Gasteiger partial charge in [-0.1, -0.05) is 30.3 Å². The maximum absolute atomic E-state index is 14.5. The Morgan fingerprint density at radius 3 is 2.80 bits per heavy atom. The number of halogens is 1. The number of fused-ring (bicyclic) bond motifs is 1. The lowest BCUT2D eigenvalue weighted by atomic mass is 9.88. The Kier molecular flexibility index (Phi) is 6.43. The van der Waals surface area contributed by atoms with Crippen molar-refractivity contribution in [1.82, 2.24) is 19.7 Å². The molecule has 8 nitrogen and oxygen atoms in total. The summed E-state index contributed by atoms with van der Waals surface area (Å²) in [6.45, 7) is 2.52. The predicted octanol–water partition coefficient (Wildman–Crippen LogP) is 3.72. The van der Waals surface area contributed by atoms with Crippen molar-refractivity contribution in [2.45, 2.75) is 32.4 Å². The number of aromatic nitrogens is 4. The van der Waals surface area contributed by atoms with Gasteiger partial charge in [0.1, 0.15) is 23.4 Å². The van der Waals surface area contributed by atoms with E-state index in [2.05, 4.69) is 17.1 Å². The molecule has 4 aromatic rings. The predicted molar refractivity (Wildman–Crippen MR) is 130 cm³/mol. The Morgan fingerprint density at radius 2 is 2.06 bits per heavy atom. The summed E-state index contributed by atoms with van der Waals surface area (Å²) in [5.74, 6) is 0.254. The molecule has 1 aromatic carbocycles. The summed E-state index contributed by atoms with van der Waals surface area (Å²) in [6, 6.07) is 10.5. The van der Waals surface area contributed by atoms with E-state index in [9.17, 15) is 14.6 Å². The van der Waals surface area contributed by atoms with Gasteiger partial charge in [0.15, 0.2) is 0 Å². The summed E-state index contributed by atoms with van der Waals surface area (Å²) in [5, 5.41) is 24.1. The third-order valence-corrected chi connectivity index (χ3v) is 6.23. The molecule has 0 amide bonds. The molecule has 0 bridgehead atoms. The molecule has 0 fully saturated rings. The topological polar surface area (TPSA) is 100 Å². The second-order valence-corrected chi connectivity index (χ2v) is 8.51. The molecular formula is C26H26FN5O3. The van der Waals surface area contributed by atoms with Crippen LogP contribution in [-0.4, -0.2) is 49.2 Å². The van der Waals surface area contributed by atoms with Crippen LogP contribution in [0.25, 0.3) is 16.6 Å². The van der Waals surface area contributed by atoms with Gasteiger partial charge in [-0.15, -0.1) is 0 Å². The van der Waals surface area contributed by atoms with Gasteiger partial charge >= 0.3 is 0 Å². The lowest BCUT2D eigenvalue weighted by Crippen LogP contribution is -2.27. The van der Waals surface area contributed by atoms with Crippen molar-refractivity contribution < 1.29 is 19.1 Å². The molecule has 0 saturated carbocycles. The van der Waals surface area contributed by atoms with Crippen LogP contribution < -0.4 is 4.90 Å². The van der Waals surface area contributed by atoms with E-state index in [1.54, 1.807) is 29.0 Å². The van der Waals surface area contributed by atoms with E-state index < -0.39 is 6.10 Å². The molecule has 35 heavy (non-hydrogen) atoms. The highest BCUT2D eigenvalue weighted by molar-refractivity contribution is 5.83. The zero-order valence-electron chi connectivity index (χ0n) is 19.3. The van der Waals surface area contributed by atoms with Crippen molar-refractivity contribution in [1.29, 1.82) is 0 Å². The summed E-state index contributed by atoms with van der Waals surface area (Å²) < 4.78 is 21.4. The zero-order valence-corrected chi connectivity index (χ0v) is 19.3. The Morgan fingerprint density at radius 1 is 1.20 bits per heavy atom. The van der Waals surface area contributed by atoms with Crippen molar-refractivity contribution >= 4 is 22.6 Å². The normalized spacial score (nSPS) is 15.1. The van der Waals surface area contributed by atoms with Gasteiger partial charge in [-0.3, -0.25) is 0 Å². The fourth-order valence-electron chi connectivity index (χ4n) is 4.38. The first kappa shape index (κ1) is 22.9. The van der Waals surface area contributed by atoms with Gasteiger partial charge in [-0.2, -0.15) is 4.98 Å². The van der Waals surface area contributed by atoms with Gasteiger partial charge in [0, 0.05) is 48.6 Å². The molecule has 1 aliphatic heterocycles. The van der Waals surface area contributed by atoms with E-state index in [0.717, 1.165) is 28.5 Å². The lowest BCUT2D eigenvalue weighted by molar-refractivity contribution is 0.0821. The first-order valence-electron chi connectivity index (χ1n) is 11.5. The number of hydrogen-bond acceptors (Lipinski definition) is 7. The summed E-state index contributed by atoms with van der Waals surface area (Å²) in [6.07, 6.45) is 7.33. The van der Waals surface area contributed by atoms with Crippen LogP contribution in [0, 0.1) is 5.82 Å². The zero-order chi connectivity index (χ0) is 24.4. The van der Waals surface area contributed by atoms with E-state index in [1.807, 2.05) is 29.4 Å². The highest BCUT2D eigenvalue weighted by atomic mass is 19.1. The van der Waals surface area contributed by atoms with Crippen LogP contribution in [0.4, 0.5) is 10.3 Å². The molecule has 1 aliphatic rings. The maximum atomic E-state index is 14.5. The third-order valence-electron chi connectivity index (χ3n) is 6.23. The molecule has 1 atom stereocenters. The first-order valence-corrected chi connectivity index (χ1v) is 11.5. The smallest absolute Gasteiger partial charge is 0.231 e. The molecule has 180 valence electrons. The van der Waals surface area contributed by atoms with Crippen LogP contribution in [0.2, 0.25) is 0 Å². The fraction of sp³-hybridized carbons (Fsp3) is 0.269. The molecule has 1 unspecified atom stereocenters. The second-order valence-electron chi connectivity index (χ2n) is 8.51. The molecule has 3 aromatic heterocycles. The summed E-state index contributed by atoms with van der Waals surface area (Å²) in [4.78, 5) is 11.3. The van der Waals surface area contributed by atoms with E-state index in [4.69, 9.17) is 9.51 Å². The second kappa shape index (κ2) is 9.81. The van der Waals surface area contributed by atoms with Crippen LogP contribution in [0.3, 0.4) is 0 Å². The average Bonchev–Trinajstić information content (AvgIpc) is 3.55. The largest absolute Gasteiger partial charge is 0.394 e. The minimum atomic E-state index is -0.881. The number of anilines is 1. The monoisotopic (exact) mass is 475 g/mol. The number of hydrogen-bond donors (Lipinski definition) is 2. The average molecular weight is 476 g/mol. The molecule has 0 radical (unpaired) electrons. The lowest BCUT2D eigenvalue weighted by Gasteiger charge is -2.29. The van der Waals surface area contributed by atoms with Gasteiger partial charge in [0.05, 0.1) is 19.3 Å². The number of benzene rings is 1. The van der Waals surface area contributed by atoms with E-state index >= 15 is 0 Å². The highest BCUT2D eigenvalue weighted by Gasteiger charge is 2.25. The van der Waals surface area contributed by atoms with Crippen molar-refractivity contribution in [3.8, 4) is 0 Å². The van der Waals surface area contributed by atoms with Gasteiger partial charge in [-0.25, -0.2) is 9.37 Å². The number of nitrogens with zero attached hydrogens (tertiary/aromatic N) is 5. The molecule has 5 rings (SSSR count). The van der Waals surface area contributed by atoms with Gasteiger partial charge in [-0.05, 0) is 35.3 Å². The summed E-state index contributed by atoms with van der Waals surface area (Å²) in [7, 11) is 0. The van der Waals surface area contributed by atoms with E-state index in [1.165, 1.54) is 12.3 Å². The maximum Gasteiger partial charge on any atom is 0.231 e. The van der Waals surface area contributed by atoms with Crippen molar-refractivity contribution in [3.63, 3.8) is 0 Å². The molecular weight excluding hydrogens is 449 g/mol.